The lowest BCUT2D eigenvalue weighted by Crippen LogP contribution is -2.47. The number of hydrogen-bond acceptors (Lipinski definition) is 7. The number of ether oxygens (including phenoxy) is 2. The molecular formula is C34H46F3N3O7. The number of aliphatic hydroxyl groups excluding tert-OH is 1. The fourth-order valence-electron chi connectivity index (χ4n) is 5.38. The van der Waals surface area contributed by atoms with Crippen LogP contribution < -0.4 is 10.1 Å². The molecule has 1 heterocycles. The number of nitrogens with one attached hydrogen (secondary N) is 1. The Morgan fingerprint density at radius 1 is 1.13 bits per heavy atom. The number of amides is 2. The molecule has 13 heteroatoms. The molecule has 260 valence electrons. The maximum Gasteiger partial charge on any atom is 0.389 e. The molecule has 3 rings (SSSR count). The number of aliphatic hydroxyl groups is 1. The molecule has 10 nitrogen and oxygen atoms in total. The van der Waals surface area contributed by atoms with Crippen molar-refractivity contribution in [1.82, 2.24) is 9.80 Å². The Morgan fingerprint density at radius 2 is 1.83 bits per heavy atom. The molecule has 0 spiro atoms. The lowest BCUT2D eigenvalue weighted by Gasteiger charge is -2.36. The van der Waals surface area contributed by atoms with Gasteiger partial charge in [0.1, 0.15) is 5.75 Å². The molecule has 0 fully saturated rings. The number of alkyl halides is 3. The summed E-state index contributed by atoms with van der Waals surface area (Å²) in [5, 5.41) is 21.8. The Kier molecular flexibility index (Phi) is 14.0. The van der Waals surface area contributed by atoms with E-state index in [4.69, 9.17) is 9.47 Å². The van der Waals surface area contributed by atoms with Crippen molar-refractivity contribution < 1.29 is 47.2 Å². The number of anilines is 1. The lowest BCUT2D eigenvalue weighted by atomic mass is 10.0. The Morgan fingerprint density at radius 3 is 2.47 bits per heavy atom. The summed E-state index contributed by atoms with van der Waals surface area (Å²) >= 11 is 0. The second-order valence-corrected chi connectivity index (χ2v) is 12.4. The number of hydrogen-bond donors (Lipinski definition) is 3. The van der Waals surface area contributed by atoms with E-state index < -0.39 is 42.8 Å². The molecule has 0 saturated carbocycles. The highest BCUT2D eigenvalue weighted by Crippen LogP contribution is 2.29. The summed E-state index contributed by atoms with van der Waals surface area (Å²) in [7, 11) is 1.94. The summed E-state index contributed by atoms with van der Waals surface area (Å²) in [5.41, 5.74) is 1.42. The van der Waals surface area contributed by atoms with Gasteiger partial charge in [-0.3, -0.25) is 14.5 Å². The van der Waals surface area contributed by atoms with Crippen LogP contribution in [0.2, 0.25) is 0 Å². The number of carbonyl (C=O) groups excluding carboxylic acids is 2. The first kappa shape index (κ1) is 37.8. The highest BCUT2D eigenvalue weighted by molar-refractivity contribution is 5.99. The van der Waals surface area contributed by atoms with Crippen molar-refractivity contribution in [2.45, 2.75) is 83.8 Å². The molecule has 2 aromatic carbocycles. The summed E-state index contributed by atoms with van der Waals surface area (Å²) < 4.78 is 50.5. The topological polar surface area (TPSA) is 129 Å². The molecule has 2 amide bonds. The average molecular weight is 666 g/mol. The predicted molar refractivity (Wildman–Crippen MR) is 171 cm³/mol. The van der Waals surface area contributed by atoms with Crippen LogP contribution in [0.1, 0.15) is 79.2 Å². The largest absolute Gasteiger partial charge is 0.490 e. The van der Waals surface area contributed by atoms with Crippen LogP contribution in [0.5, 0.6) is 5.75 Å². The summed E-state index contributed by atoms with van der Waals surface area (Å²) in [6.45, 7) is 7.00. The van der Waals surface area contributed by atoms with Gasteiger partial charge in [0.2, 0.25) is 5.91 Å². The third kappa shape index (κ3) is 12.1. The van der Waals surface area contributed by atoms with Crippen LogP contribution in [0.4, 0.5) is 18.9 Å². The van der Waals surface area contributed by atoms with E-state index in [2.05, 4.69) is 10.2 Å². The molecule has 4 atom stereocenters. The van der Waals surface area contributed by atoms with Gasteiger partial charge in [0.25, 0.3) is 5.91 Å². The Labute approximate surface area is 273 Å². The molecule has 3 N–H and O–H groups in total. The number of carboxylic acid groups (broad SMARTS) is 1. The summed E-state index contributed by atoms with van der Waals surface area (Å²) in [6.07, 6.45) is -4.80. The van der Waals surface area contributed by atoms with Gasteiger partial charge >= 0.3 is 12.1 Å². The smallest absolute Gasteiger partial charge is 0.389 e. The summed E-state index contributed by atoms with van der Waals surface area (Å²) in [6, 6.07) is 10.5. The van der Waals surface area contributed by atoms with Crippen LogP contribution in [0.25, 0.3) is 0 Å². The number of nitrogens with zero attached hydrogens (tertiary/aromatic N) is 2. The van der Waals surface area contributed by atoms with E-state index >= 15 is 0 Å². The van der Waals surface area contributed by atoms with Gasteiger partial charge in [-0.2, -0.15) is 13.2 Å². The monoisotopic (exact) mass is 665 g/mol. The van der Waals surface area contributed by atoms with Gasteiger partial charge in [0.15, 0.2) is 0 Å². The van der Waals surface area contributed by atoms with Crippen LogP contribution in [0.15, 0.2) is 42.5 Å². The maximum absolute atomic E-state index is 14.2. The minimum Gasteiger partial charge on any atom is -0.490 e. The van der Waals surface area contributed by atoms with Gasteiger partial charge in [0.05, 0.1) is 42.4 Å². The highest BCUT2D eigenvalue weighted by Gasteiger charge is 2.31. The van der Waals surface area contributed by atoms with Crippen molar-refractivity contribution >= 4 is 23.5 Å². The average Bonchev–Trinajstić information content (AvgIpc) is 3.01. The van der Waals surface area contributed by atoms with E-state index in [1.807, 2.05) is 20.9 Å². The lowest BCUT2D eigenvalue weighted by molar-refractivity contribution is -0.142. The molecule has 1 aliphatic rings. The molecule has 0 saturated heterocycles. The Hall–Kier alpha value is -3.68. The van der Waals surface area contributed by atoms with Gasteiger partial charge in [0, 0.05) is 44.3 Å². The molecule has 1 aliphatic heterocycles. The molecule has 0 unspecified atom stereocenters. The first-order valence-electron chi connectivity index (χ1n) is 15.9. The molecule has 0 radical (unpaired) electrons. The fraction of sp³-hybridized carbons (Fsp3) is 0.559. The molecular weight excluding hydrogens is 619 g/mol. The van der Waals surface area contributed by atoms with E-state index in [0.717, 1.165) is 18.4 Å². The molecule has 0 bridgehead atoms. The maximum atomic E-state index is 14.2. The summed E-state index contributed by atoms with van der Waals surface area (Å²) in [4.78, 5) is 41.3. The van der Waals surface area contributed by atoms with Crippen LogP contribution in [-0.2, 0) is 16.1 Å². The van der Waals surface area contributed by atoms with Crippen molar-refractivity contribution in [1.29, 1.82) is 0 Å². The zero-order chi connectivity index (χ0) is 34.7. The first-order valence-corrected chi connectivity index (χ1v) is 15.9. The van der Waals surface area contributed by atoms with E-state index in [1.165, 1.54) is 23.1 Å². The first-order chi connectivity index (χ1) is 22.2. The van der Waals surface area contributed by atoms with Crippen molar-refractivity contribution in [3.05, 3.63) is 59.2 Å². The number of carbonyl (C=O) groups is 3. The minimum atomic E-state index is -4.48. The van der Waals surface area contributed by atoms with E-state index in [1.54, 1.807) is 31.2 Å². The van der Waals surface area contributed by atoms with Crippen LogP contribution in [0, 0.1) is 5.92 Å². The zero-order valence-corrected chi connectivity index (χ0v) is 27.4. The van der Waals surface area contributed by atoms with Crippen molar-refractivity contribution in [3.8, 4) is 5.75 Å². The van der Waals surface area contributed by atoms with E-state index in [-0.39, 0.29) is 53.8 Å². The minimum absolute atomic E-state index is 0.120. The fourth-order valence-corrected chi connectivity index (χ4v) is 5.38. The van der Waals surface area contributed by atoms with Crippen molar-refractivity contribution in [3.63, 3.8) is 0 Å². The number of benzene rings is 2. The number of aromatic carboxylic acids is 1. The number of likely N-dealkylation sites (N-methyl/N-ethyl adjacent to an activating group) is 1. The second-order valence-electron chi connectivity index (χ2n) is 12.4. The number of rotatable bonds is 10. The zero-order valence-electron chi connectivity index (χ0n) is 27.4. The Balaban J connectivity index is 1.87. The summed E-state index contributed by atoms with van der Waals surface area (Å²) in [5.74, 6) is -2.21. The van der Waals surface area contributed by atoms with Crippen LogP contribution >= 0.6 is 0 Å². The third-order valence-electron chi connectivity index (χ3n) is 8.12. The second kappa shape index (κ2) is 17.5. The van der Waals surface area contributed by atoms with Crippen molar-refractivity contribution in [2.24, 2.45) is 5.92 Å². The quantitative estimate of drug-likeness (QED) is 0.300. The van der Waals surface area contributed by atoms with Gasteiger partial charge in [-0.05, 0) is 76.1 Å². The van der Waals surface area contributed by atoms with Gasteiger partial charge in [-0.15, -0.1) is 0 Å². The normalized spacial score (nSPS) is 20.6. The molecule has 0 aliphatic carbocycles. The molecule has 2 aromatic rings. The highest BCUT2D eigenvalue weighted by atomic mass is 19.4. The number of fused-ring (bicyclic) bond motifs is 1. The van der Waals surface area contributed by atoms with Crippen LogP contribution in [-0.4, -0.2) is 95.6 Å². The Bertz CT molecular complexity index is 1340. The number of halogens is 3. The van der Waals surface area contributed by atoms with Crippen molar-refractivity contribution in [2.75, 3.05) is 38.7 Å². The van der Waals surface area contributed by atoms with Gasteiger partial charge in [-0.25, -0.2) is 4.79 Å². The van der Waals surface area contributed by atoms with E-state index in [9.17, 15) is 37.8 Å². The SMILES string of the molecule is C[C@H](CO)N1C[C@H](C)[C@H](CN(C)Cc2ccc(C(=O)O)cc2)OCCCC[C@H](C)Oc2ccc(NC(=O)CCC(F)(F)F)cc2C1=O. The number of carboxylic acids is 1. The van der Waals surface area contributed by atoms with E-state index in [0.29, 0.717) is 26.1 Å². The molecule has 47 heavy (non-hydrogen) atoms. The van der Waals surface area contributed by atoms with Crippen LogP contribution in [0.3, 0.4) is 0 Å². The predicted octanol–water partition coefficient (Wildman–Crippen LogP) is 5.59. The van der Waals surface area contributed by atoms with Gasteiger partial charge in [-0.1, -0.05) is 19.1 Å². The van der Waals surface area contributed by atoms with Gasteiger partial charge < -0.3 is 29.9 Å². The molecule has 0 aromatic heterocycles. The third-order valence-corrected chi connectivity index (χ3v) is 8.12. The standard InChI is InChI=1S/C34H46F3N3O7/c1-22-18-40(23(2)21-41)32(43)28-17-27(38-31(42)14-15-34(35,36)37)12-13-29(28)47-24(3)7-5-6-16-46-30(22)20-39(4)19-25-8-10-26(11-9-25)33(44)45/h8-13,17,22-24,30,41H,5-7,14-16,18-21H2,1-4H3,(H,38,42)(H,44,45)/t22-,23+,24-,30-/m0/s1.